The van der Waals surface area contributed by atoms with Gasteiger partial charge in [0.15, 0.2) is 5.88 Å². The average Bonchev–Trinajstić information content (AvgIpc) is 3.17. The van der Waals surface area contributed by atoms with E-state index in [1.807, 2.05) is 66.5 Å². The van der Waals surface area contributed by atoms with Crippen molar-refractivity contribution in [3.63, 3.8) is 0 Å². The molecule has 0 bridgehead atoms. The molecule has 1 heterocycles. The van der Waals surface area contributed by atoms with E-state index in [9.17, 15) is 14.7 Å². The zero-order chi connectivity index (χ0) is 24.9. The maximum absolute atomic E-state index is 11.9. The Bertz CT molecular complexity index is 1390. The number of methoxy groups -OCH3 is 1. The van der Waals surface area contributed by atoms with Gasteiger partial charge in [0.25, 0.3) is 0 Å². The van der Waals surface area contributed by atoms with Crippen LogP contribution in [0.5, 0.6) is 5.88 Å². The minimum atomic E-state index is -0.457. The zero-order valence-electron chi connectivity index (χ0n) is 19.5. The second-order valence-corrected chi connectivity index (χ2v) is 8.23. The lowest BCUT2D eigenvalue weighted by Crippen LogP contribution is -2.30. The van der Waals surface area contributed by atoms with Gasteiger partial charge in [0, 0.05) is 23.0 Å². The zero-order valence-corrected chi connectivity index (χ0v) is 19.5. The number of aliphatic imine (C=N–C) groups is 1. The van der Waals surface area contributed by atoms with Crippen molar-refractivity contribution in [2.75, 3.05) is 20.7 Å². The van der Waals surface area contributed by atoms with Gasteiger partial charge in [0.1, 0.15) is 0 Å². The number of aromatic nitrogens is 1. The first kappa shape index (κ1) is 23.7. The van der Waals surface area contributed by atoms with E-state index in [4.69, 9.17) is 15.5 Å². The predicted molar refractivity (Wildman–Crippen MR) is 135 cm³/mol. The smallest absolute Gasteiger partial charge is 0.337 e. The van der Waals surface area contributed by atoms with Gasteiger partial charge >= 0.3 is 5.97 Å². The highest BCUT2D eigenvalue weighted by Gasteiger charge is 2.20. The molecule has 35 heavy (non-hydrogen) atoms. The van der Waals surface area contributed by atoms with Crippen LogP contribution in [0.3, 0.4) is 0 Å². The van der Waals surface area contributed by atoms with Gasteiger partial charge in [0.2, 0.25) is 5.91 Å². The minimum Gasteiger partial charge on any atom is -0.494 e. The minimum absolute atomic E-state index is 0.0469. The predicted octanol–water partition coefficient (Wildman–Crippen LogP) is 3.75. The quantitative estimate of drug-likeness (QED) is 0.268. The summed E-state index contributed by atoms with van der Waals surface area (Å²) in [4.78, 5) is 32.7. The Hall–Kier alpha value is -4.43. The van der Waals surface area contributed by atoms with Gasteiger partial charge in [-0.25, -0.2) is 9.79 Å². The second-order valence-electron chi connectivity index (χ2n) is 8.23. The summed E-state index contributed by atoms with van der Waals surface area (Å²) in [6.45, 7) is 0.750. The number of esters is 1. The van der Waals surface area contributed by atoms with Crippen molar-refractivity contribution in [2.24, 2.45) is 10.7 Å². The summed E-state index contributed by atoms with van der Waals surface area (Å²) in [6, 6.07) is 22.3. The normalized spacial score (nSPS) is 11.7. The van der Waals surface area contributed by atoms with Gasteiger partial charge in [-0.3, -0.25) is 9.69 Å². The van der Waals surface area contributed by atoms with Crippen LogP contribution >= 0.6 is 0 Å². The molecule has 0 aliphatic heterocycles. The molecule has 0 spiro atoms. The Morgan fingerprint density at radius 1 is 1.03 bits per heavy atom. The van der Waals surface area contributed by atoms with Crippen molar-refractivity contribution in [3.8, 4) is 5.88 Å². The molecule has 1 aromatic heterocycles. The number of aromatic amines is 1. The third kappa shape index (κ3) is 5.39. The van der Waals surface area contributed by atoms with Crippen molar-refractivity contribution in [1.82, 2.24) is 9.88 Å². The summed E-state index contributed by atoms with van der Waals surface area (Å²) in [6.07, 6.45) is 0. The summed E-state index contributed by atoms with van der Waals surface area (Å²) >= 11 is 0. The summed E-state index contributed by atoms with van der Waals surface area (Å²) in [5.74, 6) is -0.881. The van der Waals surface area contributed by atoms with Crippen LogP contribution in [-0.2, 0) is 16.1 Å². The topological polar surface area (TPSA) is 121 Å². The molecule has 4 N–H and O–H groups in total. The molecule has 0 atom stereocenters. The van der Waals surface area contributed by atoms with Crippen LogP contribution in [-0.4, -0.2) is 53.3 Å². The van der Waals surface area contributed by atoms with E-state index in [1.165, 1.54) is 7.11 Å². The fourth-order valence-electron chi connectivity index (χ4n) is 3.97. The number of nitrogens with zero attached hydrogens (tertiary/aromatic N) is 2. The van der Waals surface area contributed by atoms with Crippen molar-refractivity contribution in [2.45, 2.75) is 6.54 Å². The number of ether oxygens (including phenoxy) is 1. The highest BCUT2D eigenvalue weighted by Crippen LogP contribution is 2.32. The molecular weight excluding hydrogens is 444 g/mol. The van der Waals surface area contributed by atoms with E-state index >= 15 is 0 Å². The van der Waals surface area contributed by atoms with E-state index in [2.05, 4.69) is 4.98 Å². The molecule has 3 aromatic carbocycles. The number of H-pyrrole nitrogens is 1. The van der Waals surface area contributed by atoms with Gasteiger partial charge in [-0.1, -0.05) is 48.5 Å². The van der Waals surface area contributed by atoms with Crippen LogP contribution in [0.1, 0.15) is 27.0 Å². The number of primary amides is 1. The number of fused-ring (bicyclic) bond motifs is 1. The van der Waals surface area contributed by atoms with Gasteiger partial charge in [-0.2, -0.15) is 0 Å². The number of nitrogens with one attached hydrogen (secondary N) is 1. The van der Waals surface area contributed by atoms with E-state index in [1.54, 1.807) is 18.2 Å². The van der Waals surface area contributed by atoms with E-state index < -0.39 is 5.97 Å². The largest absolute Gasteiger partial charge is 0.494 e. The van der Waals surface area contributed by atoms with Crippen LogP contribution < -0.4 is 5.73 Å². The molecule has 8 nitrogen and oxygen atoms in total. The Morgan fingerprint density at radius 2 is 1.74 bits per heavy atom. The number of nitrogens with two attached hydrogens (primary N) is 1. The van der Waals surface area contributed by atoms with Crippen LogP contribution in [0.2, 0.25) is 0 Å². The summed E-state index contributed by atoms with van der Waals surface area (Å²) < 4.78 is 4.81. The van der Waals surface area contributed by atoms with E-state index in [0.717, 1.165) is 16.5 Å². The molecule has 8 heteroatoms. The molecule has 0 unspecified atom stereocenters. The molecule has 0 aliphatic carbocycles. The Balaban J connectivity index is 1.75. The second kappa shape index (κ2) is 10.2. The average molecular weight is 471 g/mol. The maximum atomic E-state index is 11.9. The Morgan fingerprint density at radius 3 is 2.40 bits per heavy atom. The number of benzene rings is 3. The van der Waals surface area contributed by atoms with Crippen LogP contribution in [0.15, 0.2) is 77.8 Å². The molecule has 0 aliphatic rings. The summed E-state index contributed by atoms with van der Waals surface area (Å²) in [5, 5.41) is 11.6. The number of carbonyl (C=O) groups excluding carboxylic acids is 2. The van der Waals surface area contributed by atoms with Gasteiger partial charge in [0.05, 0.1) is 36.2 Å². The van der Waals surface area contributed by atoms with Crippen molar-refractivity contribution in [1.29, 1.82) is 0 Å². The third-order valence-electron chi connectivity index (χ3n) is 5.54. The van der Waals surface area contributed by atoms with Gasteiger partial charge in [-0.15, -0.1) is 0 Å². The number of carbonyl (C=O) groups is 2. The van der Waals surface area contributed by atoms with Crippen molar-refractivity contribution >= 4 is 34.2 Å². The number of hydrogen-bond donors (Lipinski definition) is 3. The number of aromatic hydroxyl groups is 1. The first-order valence-corrected chi connectivity index (χ1v) is 11.0. The molecular formula is C27H26N4O4. The molecule has 0 saturated carbocycles. The van der Waals surface area contributed by atoms with Gasteiger partial charge in [-0.05, 0) is 36.9 Å². The maximum Gasteiger partial charge on any atom is 0.337 e. The third-order valence-corrected chi connectivity index (χ3v) is 5.54. The number of amides is 1. The molecule has 1 amide bonds. The Labute approximate surface area is 202 Å². The molecule has 4 aromatic rings. The van der Waals surface area contributed by atoms with Crippen LogP contribution in [0.25, 0.3) is 10.9 Å². The lowest BCUT2D eigenvalue weighted by molar-refractivity contribution is -0.118. The lowest BCUT2D eigenvalue weighted by Gasteiger charge is -2.14. The highest BCUT2D eigenvalue weighted by atomic mass is 16.5. The highest BCUT2D eigenvalue weighted by molar-refractivity contribution is 6.22. The monoisotopic (exact) mass is 470 g/mol. The number of likely N-dealkylation sites (N-methyl/N-ethyl adjacent to an activating group) is 1. The molecule has 0 fully saturated rings. The van der Waals surface area contributed by atoms with E-state index in [-0.39, 0.29) is 18.3 Å². The molecule has 0 radical (unpaired) electrons. The molecule has 178 valence electrons. The summed E-state index contributed by atoms with van der Waals surface area (Å²) in [5.41, 5.74) is 9.89. The van der Waals surface area contributed by atoms with Crippen LogP contribution in [0.4, 0.5) is 5.69 Å². The fraction of sp³-hybridized carbons (Fsp3) is 0.148. The van der Waals surface area contributed by atoms with Crippen molar-refractivity contribution < 1.29 is 19.4 Å². The number of rotatable bonds is 8. The van der Waals surface area contributed by atoms with Gasteiger partial charge < -0.3 is 20.6 Å². The lowest BCUT2D eigenvalue weighted by atomic mass is 10.00. The standard InChI is InChI=1S/C27H26N4O4/c1-31(16-23(28)32)15-17-8-11-20(12-9-17)29-25(18-6-4-3-5-7-18)24-21-13-10-19(27(34)35-2)14-22(21)30-26(24)33/h3-14,30,33H,15-16H2,1-2H3,(H2,28,32). The van der Waals surface area contributed by atoms with Crippen molar-refractivity contribution in [3.05, 3.63) is 95.1 Å². The molecule has 4 rings (SSSR count). The summed E-state index contributed by atoms with van der Waals surface area (Å²) in [7, 11) is 3.15. The first-order chi connectivity index (χ1) is 16.9. The first-order valence-electron chi connectivity index (χ1n) is 11.0. The van der Waals surface area contributed by atoms with Crippen LogP contribution in [0, 0.1) is 0 Å². The van der Waals surface area contributed by atoms with E-state index in [0.29, 0.717) is 34.6 Å². The molecule has 0 saturated heterocycles. The Kier molecular flexibility index (Phi) is 6.93. The fourth-order valence-corrected chi connectivity index (χ4v) is 3.97. The SMILES string of the molecule is COC(=O)c1ccc2c(C(=Nc3ccc(CN(C)CC(N)=O)cc3)c3ccccc3)c(O)[nH]c2c1. The number of hydrogen-bond acceptors (Lipinski definition) is 6.